The molecule has 0 aromatic rings. The first kappa shape index (κ1) is 24.7. The molecule has 23 heavy (non-hydrogen) atoms. The van der Waals surface area contributed by atoms with Crippen LogP contribution in [0.4, 0.5) is 0 Å². The quantitative estimate of drug-likeness (QED) is 0.333. The average Bonchev–Trinajstić information content (AvgIpc) is 2.51. The molecule has 0 aliphatic carbocycles. The predicted octanol–water partition coefficient (Wildman–Crippen LogP) is 6.17. The SMILES string of the molecule is CCCCCCCCCCCCCCCCCC(=O)O.CNC. The van der Waals surface area contributed by atoms with E-state index in [9.17, 15) is 4.79 Å². The lowest BCUT2D eigenvalue weighted by Gasteiger charge is -2.03. The topological polar surface area (TPSA) is 49.3 Å². The summed E-state index contributed by atoms with van der Waals surface area (Å²) in [6.07, 6.45) is 20.2. The summed E-state index contributed by atoms with van der Waals surface area (Å²) in [4.78, 5) is 10.3. The van der Waals surface area contributed by atoms with Crippen molar-refractivity contribution in [3.63, 3.8) is 0 Å². The van der Waals surface area contributed by atoms with E-state index >= 15 is 0 Å². The molecule has 0 aromatic carbocycles. The van der Waals surface area contributed by atoms with E-state index < -0.39 is 5.97 Å². The highest BCUT2D eigenvalue weighted by Gasteiger charge is 1.97. The molecule has 0 rings (SSSR count). The van der Waals surface area contributed by atoms with Crippen LogP contribution in [0.3, 0.4) is 0 Å². The third kappa shape index (κ3) is 30.0. The third-order valence-corrected chi connectivity index (χ3v) is 3.99. The van der Waals surface area contributed by atoms with E-state index in [1.165, 1.54) is 83.5 Å². The molecule has 0 bridgehead atoms. The molecular weight excluding hydrogens is 286 g/mol. The van der Waals surface area contributed by atoms with Crippen molar-refractivity contribution >= 4 is 5.97 Å². The van der Waals surface area contributed by atoms with Crippen LogP contribution < -0.4 is 5.32 Å². The predicted molar refractivity (Wildman–Crippen MR) is 102 cm³/mol. The number of carboxylic acid groups (broad SMARTS) is 1. The standard InChI is InChI=1S/C18H36O2.C2H7N/c1-2-3-4-5-6-7-8-9-10-11-12-13-14-15-16-17-18(19)20;1-3-2/h2-17H2,1H3,(H,19,20);3H,1-2H3. The highest BCUT2D eigenvalue weighted by atomic mass is 16.4. The van der Waals surface area contributed by atoms with Crippen LogP contribution in [0.1, 0.15) is 110 Å². The number of carboxylic acids is 1. The Labute approximate surface area is 145 Å². The van der Waals surface area contributed by atoms with Crippen molar-refractivity contribution in [2.45, 2.75) is 110 Å². The van der Waals surface area contributed by atoms with E-state index in [2.05, 4.69) is 12.2 Å². The normalized spacial score (nSPS) is 10.2. The van der Waals surface area contributed by atoms with Gasteiger partial charge in [0.15, 0.2) is 0 Å². The van der Waals surface area contributed by atoms with Crippen molar-refractivity contribution < 1.29 is 9.90 Å². The van der Waals surface area contributed by atoms with E-state index in [0.29, 0.717) is 6.42 Å². The zero-order valence-electron chi connectivity index (χ0n) is 16.2. The minimum atomic E-state index is -0.653. The van der Waals surface area contributed by atoms with Gasteiger partial charge in [-0.2, -0.15) is 0 Å². The average molecular weight is 330 g/mol. The van der Waals surface area contributed by atoms with E-state index in [4.69, 9.17) is 5.11 Å². The molecule has 0 heterocycles. The first-order valence-corrected chi connectivity index (χ1v) is 9.99. The first-order chi connectivity index (χ1) is 11.2. The van der Waals surface area contributed by atoms with E-state index in [1.54, 1.807) is 0 Å². The van der Waals surface area contributed by atoms with Crippen LogP contribution in [0.5, 0.6) is 0 Å². The fraction of sp³-hybridized carbons (Fsp3) is 0.950. The number of rotatable bonds is 16. The van der Waals surface area contributed by atoms with E-state index in [0.717, 1.165) is 12.8 Å². The molecule has 3 heteroatoms. The van der Waals surface area contributed by atoms with Gasteiger partial charge in [-0.15, -0.1) is 0 Å². The van der Waals surface area contributed by atoms with Crippen LogP contribution in [0, 0.1) is 0 Å². The summed E-state index contributed by atoms with van der Waals surface area (Å²) in [5.74, 6) is -0.653. The zero-order chi connectivity index (χ0) is 17.6. The smallest absolute Gasteiger partial charge is 0.303 e. The van der Waals surface area contributed by atoms with Crippen molar-refractivity contribution in [2.24, 2.45) is 0 Å². The first-order valence-electron chi connectivity index (χ1n) is 9.99. The number of hydrogen-bond acceptors (Lipinski definition) is 2. The zero-order valence-corrected chi connectivity index (χ0v) is 16.2. The number of unbranched alkanes of at least 4 members (excludes halogenated alkanes) is 14. The van der Waals surface area contributed by atoms with Crippen molar-refractivity contribution in [2.75, 3.05) is 14.1 Å². The van der Waals surface area contributed by atoms with Crippen LogP contribution in [-0.4, -0.2) is 25.2 Å². The second-order valence-electron chi connectivity index (χ2n) is 6.59. The number of aliphatic carboxylic acids is 1. The molecule has 0 spiro atoms. The van der Waals surface area contributed by atoms with Crippen LogP contribution in [-0.2, 0) is 4.79 Å². The molecule has 0 aromatic heterocycles. The molecule has 3 nitrogen and oxygen atoms in total. The number of nitrogens with one attached hydrogen (secondary N) is 1. The molecular formula is C20H43NO2. The lowest BCUT2D eigenvalue weighted by atomic mass is 10.0. The van der Waals surface area contributed by atoms with Gasteiger partial charge in [0.05, 0.1) is 0 Å². The van der Waals surface area contributed by atoms with Gasteiger partial charge in [0.25, 0.3) is 0 Å². The highest BCUT2D eigenvalue weighted by Crippen LogP contribution is 2.13. The lowest BCUT2D eigenvalue weighted by molar-refractivity contribution is -0.137. The van der Waals surface area contributed by atoms with E-state index in [1.807, 2.05) is 14.1 Å². The van der Waals surface area contributed by atoms with Crippen molar-refractivity contribution in [3.05, 3.63) is 0 Å². The Balaban J connectivity index is 0. The fourth-order valence-corrected chi connectivity index (χ4v) is 2.65. The Morgan fingerprint density at radius 2 is 0.913 bits per heavy atom. The third-order valence-electron chi connectivity index (χ3n) is 3.99. The van der Waals surface area contributed by atoms with Gasteiger partial charge in [0, 0.05) is 6.42 Å². The molecule has 0 fully saturated rings. The van der Waals surface area contributed by atoms with Crippen LogP contribution in [0.2, 0.25) is 0 Å². The Kier molecular flexibility index (Phi) is 25.4. The van der Waals surface area contributed by atoms with Gasteiger partial charge in [0.1, 0.15) is 0 Å². The molecule has 0 saturated heterocycles. The summed E-state index contributed by atoms with van der Waals surface area (Å²) in [6, 6.07) is 0. The monoisotopic (exact) mass is 329 g/mol. The van der Waals surface area contributed by atoms with Crippen molar-refractivity contribution in [3.8, 4) is 0 Å². The van der Waals surface area contributed by atoms with Gasteiger partial charge in [0.2, 0.25) is 0 Å². The molecule has 0 atom stereocenters. The Bertz CT molecular complexity index is 220. The summed E-state index contributed by atoms with van der Waals surface area (Å²) >= 11 is 0. The maximum Gasteiger partial charge on any atom is 0.303 e. The summed E-state index contributed by atoms with van der Waals surface area (Å²) < 4.78 is 0. The summed E-state index contributed by atoms with van der Waals surface area (Å²) in [6.45, 7) is 2.27. The van der Waals surface area contributed by atoms with Crippen molar-refractivity contribution in [1.29, 1.82) is 0 Å². The number of carbonyl (C=O) groups is 1. The second-order valence-corrected chi connectivity index (χ2v) is 6.59. The van der Waals surface area contributed by atoms with Gasteiger partial charge in [-0.25, -0.2) is 0 Å². The highest BCUT2D eigenvalue weighted by molar-refractivity contribution is 5.66. The summed E-state index contributed by atoms with van der Waals surface area (Å²) in [7, 11) is 3.75. The Morgan fingerprint density at radius 1 is 0.652 bits per heavy atom. The molecule has 0 saturated carbocycles. The van der Waals surface area contributed by atoms with Gasteiger partial charge in [-0.3, -0.25) is 4.79 Å². The lowest BCUT2D eigenvalue weighted by Crippen LogP contribution is -1.93. The Hall–Kier alpha value is -0.570. The molecule has 2 N–H and O–H groups in total. The Morgan fingerprint density at radius 3 is 1.17 bits per heavy atom. The maximum absolute atomic E-state index is 10.3. The molecule has 0 amide bonds. The number of hydrogen-bond donors (Lipinski definition) is 2. The molecule has 140 valence electrons. The van der Waals surface area contributed by atoms with Gasteiger partial charge < -0.3 is 10.4 Å². The van der Waals surface area contributed by atoms with Gasteiger partial charge >= 0.3 is 5.97 Å². The molecule has 0 unspecified atom stereocenters. The van der Waals surface area contributed by atoms with Crippen LogP contribution in [0.25, 0.3) is 0 Å². The molecule has 0 aliphatic rings. The van der Waals surface area contributed by atoms with Crippen LogP contribution >= 0.6 is 0 Å². The second kappa shape index (κ2) is 23.7. The van der Waals surface area contributed by atoms with Gasteiger partial charge in [-0.05, 0) is 20.5 Å². The summed E-state index contributed by atoms with van der Waals surface area (Å²) in [5.41, 5.74) is 0. The van der Waals surface area contributed by atoms with E-state index in [-0.39, 0.29) is 0 Å². The minimum absolute atomic E-state index is 0.345. The van der Waals surface area contributed by atoms with Crippen LogP contribution in [0.15, 0.2) is 0 Å². The fourth-order valence-electron chi connectivity index (χ4n) is 2.65. The maximum atomic E-state index is 10.3. The molecule has 0 aliphatic heterocycles. The molecule has 0 radical (unpaired) electrons. The minimum Gasteiger partial charge on any atom is -0.481 e. The largest absolute Gasteiger partial charge is 0.481 e. The van der Waals surface area contributed by atoms with Crippen molar-refractivity contribution in [1.82, 2.24) is 5.32 Å². The summed E-state index contributed by atoms with van der Waals surface area (Å²) in [5, 5.41) is 11.3. The van der Waals surface area contributed by atoms with Gasteiger partial charge in [-0.1, -0.05) is 96.8 Å².